The second-order valence-electron chi connectivity index (χ2n) is 6.53. The highest BCUT2D eigenvalue weighted by Crippen LogP contribution is 2.23. The molecule has 142 valence electrons. The Morgan fingerprint density at radius 1 is 1.30 bits per heavy atom. The minimum atomic E-state index is -3.68. The summed E-state index contributed by atoms with van der Waals surface area (Å²) in [4.78, 5) is 10.4. The first-order valence-corrected chi connectivity index (χ1v) is 10.1. The molecular weight excluding hydrogens is 369 g/mol. The molecule has 1 N–H and O–H groups in total. The SMILES string of the molecule is Cc1cc(F)ccc1S(=O)(=O)NCC1CCN(c2nccnc2C#N)CC1. The summed E-state index contributed by atoms with van der Waals surface area (Å²) < 4.78 is 40.8. The van der Waals surface area contributed by atoms with Crippen molar-refractivity contribution >= 4 is 15.8 Å². The van der Waals surface area contributed by atoms with Crippen molar-refractivity contribution in [1.29, 1.82) is 5.26 Å². The van der Waals surface area contributed by atoms with Crippen molar-refractivity contribution in [3.05, 3.63) is 47.7 Å². The Hall–Kier alpha value is -2.57. The first-order valence-electron chi connectivity index (χ1n) is 8.62. The number of nitrogens with zero attached hydrogens (tertiary/aromatic N) is 4. The van der Waals surface area contributed by atoms with Gasteiger partial charge in [-0.2, -0.15) is 5.26 Å². The van der Waals surface area contributed by atoms with Crippen molar-refractivity contribution < 1.29 is 12.8 Å². The van der Waals surface area contributed by atoms with Crippen LogP contribution < -0.4 is 9.62 Å². The molecule has 1 aromatic carbocycles. The lowest BCUT2D eigenvalue weighted by Gasteiger charge is -2.32. The van der Waals surface area contributed by atoms with Crippen molar-refractivity contribution in [2.45, 2.75) is 24.7 Å². The van der Waals surface area contributed by atoms with Crippen LogP contribution in [0.2, 0.25) is 0 Å². The molecule has 0 spiro atoms. The van der Waals surface area contributed by atoms with E-state index in [1.807, 2.05) is 11.0 Å². The maximum absolute atomic E-state index is 13.2. The fourth-order valence-corrected chi connectivity index (χ4v) is 4.55. The number of anilines is 1. The van der Waals surface area contributed by atoms with Gasteiger partial charge >= 0.3 is 0 Å². The van der Waals surface area contributed by atoms with Crippen LogP contribution in [0.4, 0.5) is 10.2 Å². The third-order valence-corrected chi connectivity index (χ3v) is 6.27. The van der Waals surface area contributed by atoms with Crippen LogP contribution in [0.5, 0.6) is 0 Å². The fraction of sp³-hybridized carbons (Fsp3) is 0.389. The van der Waals surface area contributed by atoms with Gasteiger partial charge in [-0.25, -0.2) is 27.5 Å². The average Bonchev–Trinajstić information content (AvgIpc) is 2.66. The standard InChI is InChI=1S/C18H20FN5O2S/c1-13-10-15(19)2-3-17(13)27(25,26)23-12-14-4-8-24(9-5-14)18-16(11-20)21-6-7-22-18/h2-3,6-7,10,14,23H,4-5,8-9,12H2,1H3. The van der Waals surface area contributed by atoms with E-state index in [1.54, 1.807) is 13.1 Å². The van der Waals surface area contributed by atoms with Gasteiger partial charge in [0.1, 0.15) is 11.9 Å². The zero-order valence-electron chi connectivity index (χ0n) is 14.9. The Kier molecular flexibility index (Phi) is 5.68. The van der Waals surface area contributed by atoms with E-state index in [4.69, 9.17) is 5.26 Å². The fourth-order valence-electron chi connectivity index (χ4n) is 3.21. The van der Waals surface area contributed by atoms with Crippen molar-refractivity contribution in [3.63, 3.8) is 0 Å². The minimum absolute atomic E-state index is 0.0968. The van der Waals surface area contributed by atoms with Crippen LogP contribution >= 0.6 is 0 Å². The molecule has 1 aliphatic rings. The number of hydrogen-bond acceptors (Lipinski definition) is 6. The van der Waals surface area contributed by atoms with Crippen LogP contribution in [-0.4, -0.2) is 38.0 Å². The first kappa shape index (κ1) is 19.2. The molecule has 0 unspecified atom stereocenters. The maximum atomic E-state index is 13.2. The number of nitrogens with one attached hydrogen (secondary N) is 1. The molecule has 7 nitrogen and oxygen atoms in total. The van der Waals surface area contributed by atoms with E-state index in [-0.39, 0.29) is 10.8 Å². The second-order valence-corrected chi connectivity index (χ2v) is 8.27. The van der Waals surface area contributed by atoms with Gasteiger partial charge in [-0.1, -0.05) is 0 Å². The number of sulfonamides is 1. The predicted octanol–water partition coefficient (Wildman–Crippen LogP) is 1.99. The lowest BCUT2D eigenvalue weighted by molar-refractivity contribution is 0.400. The van der Waals surface area contributed by atoms with E-state index >= 15 is 0 Å². The van der Waals surface area contributed by atoms with E-state index in [9.17, 15) is 12.8 Å². The summed E-state index contributed by atoms with van der Waals surface area (Å²) in [6, 6.07) is 5.68. The average molecular weight is 389 g/mol. The number of aromatic nitrogens is 2. The molecule has 3 rings (SSSR count). The topological polar surface area (TPSA) is 99.0 Å². The highest BCUT2D eigenvalue weighted by molar-refractivity contribution is 7.89. The van der Waals surface area contributed by atoms with E-state index in [1.165, 1.54) is 18.3 Å². The number of nitriles is 1. The molecule has 27 heavy (non-hydrogen) atoms. The Bertz CT molecular complexity index is 966. The number of halogens is 1. The smallest absolute Gasteiger partial charge is 0.240 e. The van der Waals surface area contributed by atoms with Crippen LogP contribution in [0, 0.1) is 30.0 Å². The third-order valence-electron chi connectivity index (χ3n) is 4.69. The van der Waals surface area contributed by atoms with Crippen LogP contribution in [0.15, 0.2) is 35.5 Å². The maximum Gasteiger partial charge on any atom is 0.240 e. The molecule has 0 aliphatic carbocycles. The summed E-state index contributed by atoms with van der Waals surface area (Å²) in [7, 11) is -3.68. The monoisotopic (exact) mass is 389 g/mol. The van der Waals surface area contributed by atoms with Gasteiger partial charge in [0, 0.05) is 32.0 Å². The van der Waals surface area contributed by atoms with Gasteiger partial charge in [0.2, 0.25) is 10.0 Å². The molecule has 0 atom stereocenters. The molecule has 0 saturated carbocycles. The summed E-state index contributed by atoms with van der Waals surface area (Å²) >= 11 is 0. The van der Waals surface area contributed by atoms with Gasteiger partial charge in [-0.15, -0.1) is 0 Å². The lowest BCUT2D eigenvalue weighted by atomic mass is 9.97. The summed E-state index contributed by atoms with van der Waals surface area (Å²) in [6.07, 6.45) is 4.58. The van der Waals surface area contributed by atoms with E-state index in [0.717, 1.165) is 18.9 Å². The molecule has 1 fully saturated rings. The molecule has 1 saturated heterocycles. The van der Waals surface area contributed by atoms with Crippen LogP contribution in [0.3, 0.4) is 0 Å². The summed E-state index contributed by atoms with van der Waals surface area (Å²) in [5, 5.41) is 9.14. The van der Waals surface area contributed by atoms with Crippen molar-refractivity contribution in [1.82, 2.24) is 14.7 Å². The molecule has 1 aliphatic heterocycles. The van der Waals surface area contributed by atoms with Crippen LogP contribution in [0.1, 0.15) is 24.1 Å². The quantitative estimate of drug-likeness (QED) is 0.840. The molecule has 0 radical (unpaired) electrons. The van der Waals surface area contributed by atoms with Gasteiger partial charge < -0.3 is 4.90 Å². The molecule has 9 heteroatoms. The van der Waals surface area contributed by atoms with Gasteiger partial charge in [0.15, 0.2) is 11.5 Å². The van der Waals surface area contributed by atoms with Crippen molar-refractivity contribution in [3.8, 4) is 6.07 Å². The minimum Gasteiger partial charge on any atom is -0.354 e. The number of benzene rings is 1. The first-order chi connectivity index (χ1) is 12.9. The largest absolute Gasteiger partial charge is 0.354 e. The second kappa shape index (κ2) is 7.98. The molecular formula is C18H20FN5O2S. The Labute approximate surface area is 157 Å². The summed E-state index contributed by atoms with van der Waals surface area (Å²) in [5.74, 6) is 0.291. The number of rotatable bonds is 5. The van der Waals surface area contributed by atoms with E-state index in [2.05, 4.69) is 14.7 Å². The highest BCUT2D eigenvalue weighted by atomic mass is 32.2. The number of piperidine rings is 1. The van der Waals surface area contributed by atoms with Gasteiger partial charge in [-0.05, 0) is 49.4 Å². The van der Waals surface area contributed by atoms with Gasteiger partial charge in [-0.3, -0.25) is 0 Å². The predicted molar refractivity (Wildman–Crippen MR) is 98.0 cm³/mol. The lowest BCUT2D eigenvalue weighted by Crippen LogP contribution is -2.39. The van der Waals surface area contributed by atoms with Crippen LogP contribution in [0.25, 0.3) is 0 Å². The van der Waals surface area contributed by atoms with E-state index in [0.29, 0.717) is 36.7 Å². The van der Waals surface area contributed by atoms with Gasteiger partial charge in [0.05, 0.1) is 4.90 Å². The molecule has 0 amide bonds. The third kappa shape index (κ3) is 4.40. The molecule has 2 aromatic rings. The number of aryl methyl sites for hydroxylation is 1. The summed E-state index contributed by atoms with van der Waals surface area (Å²) in [5.41, 5.74) is 0.674. The van der Waals surface area contributed by atoms with E-state index < -0.39 is 15.8 Å². The molecule has 1 aromatic heterocycles. The normalized spacial score (nSPS) is 15.5. The Morgan fingerprint density at radius 3 is 2.67 bits per heavy atom. The zero-order valence-corrected chi connectivity index (χ0v) is 15.7. The summed E-state index contributed by atoms with van der Waals surface area (Å²) in [6.45, 7) is 3.24. The molecule has 2 heterocycles. The van der Waals surface area contributed by atoms with Crippen molar-refractivity contribution in [2.24, 2.45) is 5.92 Å². The zero-order chi connectivity index (χ0) is 19.4. The van der Waals surface area contributed by atoms with Gasteiger partial charge in [0.25, 0.3) is 0 Å². The molecule has 0 bridgehead atoms. The highest BCUT2D eigenvalue weighted by Gasteiger charge is 2.24. The Morgan fingerprint density at radius 2 is 2.00 bits per heavy atom. The Balaban J connectivity index is 1.59. The van der Waals surface area contributed by atoms with Crippen LogP contribution in [-0.2, 0) is 10.0 Å². The van der Waals surface area contributed by atoms with Crippen molar-refractivity contribution in [2.75, 3.05) is 24.5 Å². The number of hydrogen-bond donors (Lipinski definition) is 1.